The minimum atomic E-state index is 0.863. The first-order valence-electron chi connectivity index (χ1n) is 12.2. The molecule has 0 amide bonds. The summed E-state index contributed by atoms with van der Waals surface area (Å²) in [6, 6.07) is 22.4. The number of rotatable bonds is 9. The van der Waals surface area contributed by atoms with Gasteiger partial charge in [-0.25, -0.2) is 0 Å². The number of anilines is 1. The van der Waals surface area contributed by atoms with Crippen LogP contribution in [-0.2, 0) is 6.42 Å². The van der Waals surface area contributed by atoms with Crippen molar-refractivity contribution in [2.24, 2.45) is 0 Å². The van der Waals surface area contributed by atoms with Crippen LogP contribution < -0.4 is 5.73 Å². The maximum atomic E-state index is 6.33. The van der Waals surface area contributed by atoms with Gasteiger partial charge in [0.15, 0.2) is 0 Å². The molecule has 0 aromatic heterocycles. The fourth-order valence-corrected chi connectivity index (χ4v) is 5.46. The Kier molecular flexibility index (Phi) is 5.68. The van der Waals surface area contributed by atoms with Crippen LogP contribution in [0.3, 0.4) is 0 Å². The van der Waals surface area contributed by atoms with Crippen LogP contribution in [0.2, 0.25) is 0 Å². The van der Waals surface area contributed by atoms with Crippen LogP contribution >= 0.6 is 0 Å². The molecule has 0 heterocycles. The fraction of sp³-hybridized carbons (Fsp3) is 0.333. The minimum absolute atomic E-state index is 0.863. The first-order valence-corrected chi connectivity index (χ1v) is 12.2. The molecular formula is C30H33N. The first kappa shape index (κ1) is 20.1. The predicted octanol–water partition coefficient (Wildman–Crippen LogP) is 9.00. The van der Waals surface area contributed by atoms with E-state index in [0.29, 0.717) is 0 Å². The van der Waals surface area contributed by atoms with E-state index >= 15 is 0 Å². The smallest absolute Gasteiger partial charge is 0.0394 e. The van der Waals surface area contributed by atoms with Crippen molar-refractivity contribution in [1.29, 1.82) is 0 Å². The number of hydrogen-bond acceptors (Lipinski definition) is 1. The van der Waals surface area contributed by atoms with Crippen LogP contribution in [0, 0.1) is 0 Å². The van der Waals surface area contributed by atoms with Gasteiger partial charge in [0.25, 0.3) is 0 Å². The normalized spacial score (nSPS) is 12.0. The van der Waals surface area contributed by atoms with Gasteiger partial charge in [-0.2, -0.15) is 0 Å². The van der Waals surface area contributed by atoms with Gasteiger partial charge in [-0.15, -0.1) is 0 Å². The van der Waals surface area contributed by atoms with E-state index < -0.39 is 0 Å². The highest BCUT2D eigenvalue weighted by Crippen LogP contribution is 2.42. The summed E-state index contributed by atoms with van der Waals surface area (Å²) >= 11 is 0. The van der Waals surface area contributed by atoms with Crippen molar-refractivity contribution in [1.82, 2.24) is 0 Å². The summed E-state index contributed by atoms with van der Waals surface area (Å²) in [5.74, 6) is 0. The van der Waals surface area contributed by atoms with Crippen LogP contribution in [0.15, 0.2) is 60.7 Å². The third-order valence-electron chi connectivity index (χ3n) is 7.09. The lowest BCUT2D eigenvalue weighted by atomic mass is 9.87. The van der Waals surface area contributed by atoms with Gasteiger partial charge in [-0.3, -0.25) is 0 Å². The van der Waals surface area contributed by atoms with E-state index in [1.54, 1.807) is 0 Å². The molecule has 5 aromatic rings. The first-order chi connectivity index (χ1) is 15.3. The molecule has 1 nitrogen and oxygen atoms in total. The van der Waals surface area contributed by atoms with E-state index in [1.807, 2.05) is 0 Å². The molecule has 0 atom stereocenters. The van der Waals surface area contributed by atoms with Gasteiger partial charge in [0.05, 0.1) is 0 Å². The van der Waals surface area contributed by atoms with Crippen molar-refractivity contribution in [2.45, 2.75) is 64.7 Å². The maximum absolute atomic E-state index is 6.33. The Balaban J connectivity index is 1.49. The standard InChI is InChI=1S/C30H33N/c1-2-3-4-5-6-7-8-9-12-21-17-18-25-24-15-11-16-27-28(31)20-19-26(30(24)27)23-14-10-13-22(21)29(23)25/h10-11,13-20H,2-9,12,31H2,1H3. The molecule has 0 aliphatic heterocycles. The molecule has 0 aliphatic carbocycles. The second-order valence-corrected chi connectivity index (χ2v) is 9.16. The Hall–Kier alpha value is -2.80. The van der Waals surface area contributed by atoms with Gasteiger partial charge in [0.1, 0.15) is 0 Å². The molecule has 0 fully saturated rings. The van der Waals surface area contributed by atoms with Crippen LogP contribution in [-0.4, -0.2) is 0 Å². The van der Waals surface area contributed by atoms with Crippen molar-refractivity contribution in [3.63, 3.8) is 0 Å². The maximum Gasteiger partial charge on any atom is 0.0394 e. The minimum Gasteiger partial charge on any atom is -0.398 e. The van der Waals surface area contributed by atoms with Crippen molar-refractivity contribution >= 4 is 48.8 Å². The lowest BCUT2D eigenvalue weighted by Crippen LogP contribution is -1.93. The highest BCUT2D eigenvalue weighted by Gasteiger charge is 2.15. The molecule has 5 aromatic carbocycles. The topological polar surface area (TPSA) is 26.0 Å². The number of aryl methyl sites for hydroxylation is 1. The largest absolute Gasteiger partial charge is 0.398 e. The van der Waals surface area contributed by atoms with Crippen LogP contribution in [0.5, 0.6) is 0 Å². The highest BCUT2D eigenvalue weighted by atomic mass is 14.5. The molecule has 0 bridgehead atoms. The lowest BCUT2D eigenvalue weighted by Gasteiger charge is -2.17. The van der Waals surface area contributed by atoms with Gasteiger partial charge in [-0.05, 0) is 62.2 Å². The van der Waals surface area contributed by atoms with Crippen LogP contribution in [0.4, 0.5) is 5.69 Å². The number of unbranched alkanes of at least 4 members (excludes halogenated alkanes) is 7. The van der Waals surface area contributed by atoms with Crippen LogP contribution in [0.1, 0.15) is 63.9 Å². The zero-order valence-electron chi connectivity index (χ0n) is 18.7. The average molecular weight is 408 g/mol. The van der Waals surface area contributed by atoms with E-state index in [9.17, 15) is 0 Å². The van der Waals surface area contributed by atoms with E-state index in [0.717, 1.165) is 5.69 Å². The Morgan fingerprint density at radius 2 is 1.03 bits per heavy atom. The van der Waals surface area contributed by atoms with E-state index in [4.69, 9.17) is 5.73 Å². The summed E-state index contributed by atoms with van der Waals surface area (Å²) in [5.41, 5.74) is 8.69. The molecule has 0 saturated heterocycles. The van der Waals surface area contributed by atoms with E-state index in [1.165, 1.54) is 106 Å². The zero-order chi connectivity index (χ0) is 21.2. The Morgan fingerprint density at radius 3 is 1.74 bits per heavy atom. The van der Waals surface area contributed by atoms with E-state index in [-0.39, 0.29) is 0 Å². The molecule has 31 heavy (non-hydrogen) atoms. The van der Waals surface area contributed by atoms with Gasteiger partial charge in [0, 0.05) is 11.1 Å². The van der Waals surface area contributed by atoms with Crippen molar-refractivity contribution < 1.29 is 0 Å². The van der Waals surface area contributed by atoms with Gasteiger partial charge < -0.3 is 5.73 Å². The summed E-state index contributed by atoms with van der Waals surface area (Å²) in [4.78, 5) is 0. The van der Waals surface area contributed by atoms with Crippen molar-refractivity contribution in [3.8, 4) is 0 Å². The fourth-order valence-electron chi connectivity index (χ4n) is 5.46. The molecule has 0 spiro atoms. The third-order valence-corrected chi connectivity index (χ3v) is 7.09. The number of benzene rings is 5. The Bertz CT molecular complexity index is 1310. The molecule has 1 heteroatoms. The number of nitrogens with two attached hydrogens (primary N) is 1. The lowest BCUT2D eigenvalue weighted by molar-refractivity contribution is 0.576. The number of nitrogen functional groups attached to an aromatic ring is 1. The molecule has 0 radical (unpaired) electrons. The molecule has 0 saturated carbocycles. The molecular weight excluding hydrogens is 374 g/mol. The molecule has 0 unspecified atom stereocenters. The summed E-state index contributed by atoms with van der Waals surface area (Å²) in [7, 11) is 0. The number of fused-ring (bicyclic) bond motifs is 2. The molecule has 158 valence electrons. The molecule has 5 rings (SSSR count). The van der Waals surface area contributed by atoms with Crippen molar-refractivity contribution in [3.05, 3.63) is 66.2 Å². The summed E-state index contributed by atoms with van der Waals surface area (Å²) in [6.45, 7) is 2.29. The molecule has 0 aliphatic rings. The Morgan fingerprint density at radius 1 is 0.516 bits per heavy atom. The highest BCUT2D eigenvalue weighted by molar-refractivity contribution is 6.34. The second-order valence-electron chi connectivity index (χ2n) is 9.16. The van der Waals surface area contributed by atoms with E-state index in [2.05, 4.69) is 67.6 Å². The third kappa shape index (κ3) is 3.61. The van der Waals surface area contributed by atoms with Crippen molar-refractivity contribution in [2.75, 3.05) is 5.73 Å². The van der Waals surface area contributed by atoms with Crippen LogP contribution in [0.25, 0.3) is 43.1 Å². The summed E-state index contributed by atoms with van der Waals surface area (Å²) < 4.78 is 0. The average Bonchev–Trinajstić information content (AvgIpc) is 2.80. The monoisotopic (exact) mass is 407 g/mol. The molecule has 2 N–H and O–H groups in total. The van der Waals surface area contributed by atoms with Gasteiger partial charge in [-0.1, -0.05) is 106 Å². The second kappa shape index (κ2) is 8.75. The summed E-state index contributed by atoms with van der Waals surface area (Å²) in [6.07, 6.45) is 12.1. The predicted molar refractivity (Wildman–Crippen MR) is 138 cm³/mol. The van der Waals surface area contributed by atoms with Gasteiger partial charge in [0.2, 0.25) is 0 Å². The number of hydrogen-bond donors (Lipinski definition) is 1. The Labute approximate surface area is 185 Å². The zero-order valence-corrected chi connectivity index (χ0v) is 18.7. The SMILES string of the molecule is CCCCCCCCCCc1ccc2c3cccc4c(N)ccc(c5cccc1c52)c43. The quantitative estimate of drug-likeness (QED) is 0.112. The summed E-state index contributed by atoms with van der Waals surface area (Å²) in [5, 5.41) is 10.7. The van der Waals surface area contributed by atoms with Gasteiger partial charge >= 0.3 is 0 Å².